The Hall–Kier alpha value is -1.04. The van der Waals surface area contributed by atoms with Crippen LogP contribution in [0, 0.1) is 0 Å². The van der Waals surface area contributed by atoms with E-state index in [0.29, 0.717) is 5.16 Å². The SMILES string of the molecule is C[C@H](Sc1ncn[nH]1)C(=O)O. The summed E-state index contributed by atoms with van der Waals surface area (Å²) in [4.78, 5) is 14.1. The monoisotopic (exact) mass is 173 g/mol. The first-order valence-electron chi connectivity index (χ1n) is 2.95. The van der Waals surface area contributed by atoms with Crippen molar-refractivity contribution in [2.24, 2.45) is 0 Å². The Labute approximate surface area is 67.2 Å². The predicted octanol–water partition coefficient (Wildman–Crippen LogP) is 0.370. The van der Waals surface area contributed by atoms with Crippen molar-refractivity contribution in [2.45, 2.75) is 17.3 Å². The zero-order valence-corrected chi connectivity index (χ0v) is 6.63. The second-order valence-corrected chi connectivity index (χ2v) is 3.22. The van der Waals surface area contributed by atoms with Gasteiger partial charge in [0.25, 0.3) is 0 Å². The van der Waals surface area contributed by atoms with E-state index in [1.165, 1.54) is 6.33 Å². The van der Waals surface area contributed by atoms with Crippen molar-refractivity contribution in [1.29, 1.82) is 0 Å². The number of hydrogen-bond donors (Lipinski definition) is 2. The minimum absolute atomic E-state index is 0.497. The maximum absolute atomic E-state index is 10.3. The average molecular weight is 173 g/mol. The molecular weight excluding hydrogens is 166 g/mol. The number of aromatic nitrogens is 3. The predicted molar refractivity (Wildman–Crippen MR) is 39.3 cm³/mol. The van der Waals surface area contributed by atoms with Gasteiger partial charge in [-0.1, -0.05) is 11.8 Å². The number of carbonyl (C=O) groups is 1. The smallest absolute Gasteiger partial charge is 0.316 e. The molecule has 0 saturated carbocycles. The molecule has 2 N–H and O–H groups in total. The van der Waals surface area contributed by atoms with E-state index < -0.39 is 11.2 Å². The number of H-pyrrole nitrogens is 1. The summed E-state index contributed by atoms with van der Waals surface area (Å²) < 4.78 is 0. The Morgan fingerprint density at radius 1 is 1.91 bits per heavy atom. The molecule has 0 unspecified atom stereocenters. The van der Waals surface area contributed by atoms with Crippen LogP contribution in [0.2, 0.25) is 0 Å². The number of aromatic amines is 1. The lowest BCUT2D eigenvalue weighted by molar-refractivity contribution is -0.136. The number of hydrogen-bond acceptors (Lipinski definition) is 4. The molecule has 5 nitrogen and oxygen atoms in total. The van der Waals surface area contributed by atoms with Gasteiger partial charge in [0.2, 0.25) is 0 Å². The average Bonchev–Trinajstić information content (AvgIpc) is 2.39. The Morgan fingerprint density at radius 3 is 3.09 bits per heavy atom. The van der Waals surface area contributed by atoms with Crippen LogP contribution in [0.1, 0.15) is 6.92 Å². The van der Waals surface area contributed by atoms with Crippen molar-refractivity contribution < 1.29 is 9.90 Å². The van der Waals surface area contributed by atoms with Gasteiger partial charge in [-0.3, -0.25) is 9.89 Å². The van der Waals surface area contributed by atoms with E-state index >= 15 is 0 Å². The van der Waals surface area contributed by atoms with E-state index in [2.05, 4.69) is 15.2 Å². The molecule has 1 atom stereocenters. The first-order valence-corrected chi connectivity index (χ1v) is 3.83. The molecular formula is C5H7N3O2S. The quantitative estimate of drug-likeness (QED) is 0.645. The number of nitrogens with zero attached hydrogens (tertiary/aromatic N) is 2. The lowest BCUT2D eigenvalue weighted by atomic mass is 10.5. The van der Waals surface area contributed by atoms with Crippen molar-refractivity contribution in [3.63, 3.8) is 0 Å². The summed E-state index contributed by atoms with van der Waals surface area (Å²) in [6.45, 7) is 1.59. The zero-order chi connectivity index (χ0) is 8.27. The molecule has 0 aliphatic heterocycles. The van der Waals surface area contributed by atoms with Gasteiger partial charge in [-0.25, -0.2) is 4.98 Å². The zero-order valence-electron chi connectivity index (χ0n) is 5.81. The van der Waals surface area contributed by atoms with E-state index in [1.54, 1.807) is 6.92 Å². The van der Waals surface area contributed by atoms with Crippen molar-refractivity contribution in [3.8, 4) is 0 Å². The van der Waals surface area contributed by atoms with Crippen LogP contribution in [0.4, 0.5) is 0 Å². The number of carboxylic acid groups (broad SMARTS) is 1. The Morgan fingerprint density at radius 2 is 2.64 bits per heavy atom. The molecule has 60 valence electrons. The molecule has 0 aliphatic rings. The minimum atomic E-state index is -0.855. The number of carboxylic acids is 1. The summed E-state index contributed by atoms with van der Waals surface area (Å²) in [5, 5.41) is 14.7. The summed E-state index contributed by atoms with van der Waals surface area (Å²) in [7, 11) is 0. The van der Waals surface area contributed by atoms with Gasteiger partial charge in [0.15, 0.2) is 5.16 Å². The fraction of sp³-hybridized carbons (Fsp3) is 0.400. The molecule has 0 saturated heterocycles. The maximum atomic E-state index is 10.3. The maximum Gasteiger partial charge on any atom is 0.316 e. The summed E-state index contributed by atoms with van der Waals surface area (Å²) >= 11 is 1.13. The summed E-state index contributed by atoms with van der Waals surface area (Å²) in [6, 6.07) is 0. The molecule has 11 heavy (non-hydrogen) atoms. The van der Waals surface area contributed by atoms with Crippen molar-refractivity contribution in [3.05, 3.63) is 6.33 Å². The second-order valence-electron chi connectivity index (χ2n) is 1.89. The van der Waals surface area contributed by atoms with Crippen LogP contribution in [0.25, 0.3) is 0 Å². The van der Waals surface area contributed by atoms with Crippen LogP contribution >= 0.6 is 11.8 Å². The van der Waals surface area contributed by atoms with Crippen molar-refractivity contribution >= 4 is 17.7 Å². The van der Waals surface area contributed by atoms with Crippen molar-refractivity contribution in [1.82, 2.24) is 15.2 Å². The number of nitrogens with one attached hydrogen (secondary N) is 1. The van der Waals surface area contributed by atoms with E-state index in [4.69, 9.17) is 5.11 Å². The third-order valence-electron chi connectivity index (χ3n) is 1.03. The molecule has 1 rings (SSSR count). The second kappa shape index (κ2) is 3.38. The van der Waals surface area contributed by atoms with E-state index in [-0.39, 0.29) is 0 Å². The Kier molecular flexibility index (Phi) is 2.48. The van der Waals surface area contributed by atoms with Crippen LogP contribution < -0.4 is 0 Å². The van der Waals surface area contributed by atoms with Gasteiger partial charge in [0.05, 0.1) is 0 Å². The highest BCUT2D eigenvalue weighted by Gasteiger charge is 2.13. The number of rotatable bonds is 3. The van der Waals surface area contributed by atoms with Crippen LogP contribution in [0.3, 0.4) is 0 Å². The molecule has 1 heterocycles. The lowest BCUT2D eigenvalue weighted by Crippen LogP contribution is -2.11. The highest BCUT2D eigenvalue weighted by Crippen LogP contribution is 2.17. The third-order valence-corrected chi connectivity index (χ3v) is 2.00. The molecule has 0 aliphatic carbocycles. The van der Waals surface area contributed by atoms with Gasteiger partial charge in [0, 0.05) is 0 Å². The van der Waals surface area contributed by atoms with E-state index in [1.807, 2.05) is 0 Å². The molecule has 0 radical (unpaired) electrons. The van der Waals surface area contributed by atoms with Gasteiger partial charge >= 0.3 is 5.97 Å². The van der Waals surface area contributed by atoms with Gasteiger partial charge in [-0.2, -0.15) is 5.10 Å². The first kappa shape index (κ1) is 8.06. The highest BCUT2D eigenvalue weighted by atomic mass is 32.2. The standard InChI is InChI=1S/C5H7N3O2S/c1-3(4(9)10)11-5-6-2-7-8-5/h2-3H,1H3,(H,9,10)(H,6,7,8)/t3-/m0/s1. The van der Waals surface area contributed by atoms with Gasteiger partial charge < -0.3 is 5.11 Å². The highest BCUT2D eigenvalue weighted by molar-refractivity contribution is 8.00. The van der Waals surface area contributed by atoms with Crippen LogP contribution in [0.5, 0.6) is 0 Å². The van der Waals surface area contributed by atoms with Crippen LogP contribution in [0.15, 0.2) is 11.5 Å². The van der Waals surface area contributed by atoms with Crippen LogP contribution in [-0.2, 0) is 4.79 Å². The minimum Gasteiger partial charge on any atom is -0.480 e. The lowest BCUT2D eigenvalue weighted by Gasteiger charge is -2.00. The molecule has 0 aromatic carbocycles. The Bertz CT molecular complexity index is 236. The fourth-order valence-electron chi connectivity index (χ4n) is 0.469. The van der Waals surface area contributed by atoms with E-state index in [0.717, 1.165) is 11.8 Å². The first-order chi connectivity index (χ1) is 5.20. The molecule has 0 amide bonds. The topological polar surface area (TPSA) is 78.9 Å². The summed E-state index contributed by atoms with van der Waals surface area (Å²) in [5.41, 5.74) is 0. The fourth-order valence-corrected chi connectivity index (χ4v) is 1.12. The molecule has 0 spiro atoms. The molecule has 1 aromatic rings. The van der Waals surface area contributed by atoms with Gasteiger partial charge in [-0.15, -0.1) is 0 Å². The van der Waals surface area contributed by atoms with Crippen LogP contribution in [-0.4, -0.2) is 31.5 Å². The largest absolute Gasteiger partial charge is 0.480 e. The molecule has 6 heteroatoms. The molecule has 0 fully saturated rings. The Balaban J connectivity index is 2.50. The number of thioether (sulfide) groups is 1. The van der Waals surface area contributed by atoms with Gasteiger partial charge in [-0.05, 0) is 6.92 Å². The molecule has 0 bridgehead atoms. The van der Waals surface area contributed by atoms with E-state index in [9.17, 15) is 4.79 Å². The van der Waals surface area contributed by atoms with Crippen molar-refractivity contribution in [2.75, 3.05) is 0 Å². The summed E-state index contributed by atoms with van der Waals surface area (Å²) in [6.07, 6.45) is 1.34. The third kappa shape index (κ3) is 2.23. The summed E-state index contributed by atoms with van der Waals surface area (Å²) in [5.74, 6) is -0.855. The number of aliphatic carboxylic acids is 1. The molecule has 1 aromatic heterocycles. The normalized spacial score (nSPS) is 12.8. The van der Waals surface area contributed by atoms with Gasteiger partial charge in [0.1, 0.15) is 11.6 Å².